The zero-order valence-corrected chi connectivity index (χ0v) is 17.0. The third kappa shape index (κ3) is 3.62. The lowest BCUT2D eigenvalue weighted by Crippen LogP contribution is -2.09. The van der Waals surface area contributed by atoms with Gasteiger partial charge in [-0.3, -0.25) is 0 Å². The minimum Gasteiger partial charge on any atom is -0.382 e. The summed E-state index contributed by atoms with van der Waals surface area (Å²) in [6, 6.07) is 19.2. The summed E-state index contributed by atoms with van der Waals surface area (Å²) >= 11 is 3.54. The smallest absolute Gasteiger partial charge is 0.145 e. The SMILES string of the molecule is CN(C)c1ccc(/C=C(/C#N)c2nn(-c3ccccc3)c(N)c2C#N)cc1Br. The molecule has 0 spiro atoms. The van der Waals surface area contributed by atoms with Crippen molar-refractivity contribution in [2.75, 3.05) is 24.7 Å². The average molecular weight is 433 g/mol. The highest BCUT2D eigenvalue weighted by atomic mass is 79.9. The van der Waals surface area contributed by atoms with Gasteiger partial charge in [0.05, 0.1) is 16.9 Å². The van der Waals surface area contributed by atoms with E-state index in [-0.39, 0.29) is 22.6 Å². The molecule has 0 fully saturated rings. The minimum absolute atomic E-state index is 0.181. The first kappa shape index (κ1) is 19.2. The van der Waals surface area contributed by atoms with Gasteiger partial charge in [-0.25, -0.2) is 4.68 Å². The molecule has 7 heteroatoms. The number of aromatic nitrogens is 2. The number of hydrogen-bond acceptors (Lipinski definition) is 5. The molecule has 3 aromatic rings. The standard InChI is InChI=1S/C21H17BrN6/c1-27(2)19-9-8-14(11-18(19)22)10-15(12-23)20-17(13-24)21(25)28(26-20)16-6-4-3-5-7-16/h3-11H,25H2,1-2H3/b15-10-. The van der Waals surface area contributed by atoms with E-state index in [9.17, 15) is 10.5 Å². The van der Waals surface area contributed by atoms with Gasteiger partial charge in [0.2, 0.25) is 0 Å². The molecular formula is C21H17BrN6. The molecule has 0 saturated carbocycles. The van der Waals surface area contributed by atoms with Crippen molar-refractivity contribution in [3.05, 3.63) is 69.8 Å². The number of halogens is 1. The second kappa shape index (κ2) is 7.99. The highest BCUT2D eigenvalue weighted by Crippen LogP contribution is 2.30. The highest BCUT2D eigenvalue weighted by molar-refractivity contribution is 9.10. The van der Waals surface area contributed by atoms with Crippen LogP contribution < -0.4 is 10.6 Å². The number of nitrogens with two attached hydrogens (primary N) is 1. The quantitative estimate of drug-likeness (QED) is 0.622. The average Bonchev–Trinajstić information content (AvgIpc) is 3.02. The lowest BCUT2D eigenvalue weighted by atomic mass is 10.1. The van der Waals surface area contributed by atoms with Gasteiger partial charge in [0.25, 0.3) is 0 Å². The molecule has 1 aromatic heterocycles. The van der Waals surface area contributed by atoms with E-state index >= 15 is 0 Å². The fraction of sp³-hybridized carbons (Fsp3) is 0.0952. The Labute approximate surface area is 171 Å². The van der Waals surface area contributed by atoms with Gasteiger partial charge in [-0.15, -0.1) is 0 Å². The summed E-state index contributed by atoms with van der Waals surface area (Å²) in [7, 11) is 3.91. The molecule has 0 bridgehead atoms. The van der Waals surface area contributed by atoms with E-state index in [1.807, 2.05) is 67.5 Å². The molecule has 0 aliphatic carbocycles. The molecular weight excluding hydrogens is 416 g/mol. The first-order valence-corrected chi connectivity index (χ1v) is 9.18. The molecule has 0 atom stereocenters. The predicted molar refractivity (Wildman–Crippen MR) is 115 cm³/mol. The van der Waals surface area contributed by atoms with Crippen LogP contribution in [0.15, 0.2) is 53.0 Å². The zero-order chi connectivity index (χ0) is 20.3. The summed E-state index contributed by atoms with van der Waals surface area (Å²) in [4.78, 5) is 1.98. The molecule has 2 N–H and O–H groups in total. The molecule has 0 radical (unpaired) electrons. The van der Waals surface area contributed by atoms with E-state index in [2.05, 4.69) is 33.2 Å². The summed E-state index contributed by atoms with van der Waals surface area (Å²) < 4.78 is 2.38. The molecule has 138 valence electrons. The third-order valence-electron chi connectivity index (χ3n) is 4.17. The number of benzene rings is 2. The van der Waals surface area contributed by atoms with E-state index in [0.29, 0.717) is 0 Å². The van der Waals surface area contributed by atoms with Gasteiger partial charge in [0.15, 0.2) is 0 Å². The van der Waals surface area contributed by atoms with Crippen LogP contribution in [-0.2, 0) is 0 Å². The number of hydrogen-bond donors (Lipinski definition) is 1. The van der Waals surface area contributed by atoms with Crippen LogP contribution in [0.25, 0.3) is 17.3 Å². The number of para-hydroxylation sites is 1. The van der Waals surface area contributed by atoms with Gasteiger partial charge in [0, 0.05) is 18.6 Å². The minimum atomic E-state index is 0.181. The Bertz CT molecular complexity index is 1130. The van der Waals surface area contributed by atoms with E-state index in [4.69, 9.17) is 5.73 Å². The van der Waals surface area contributed by atoms with Crippen molar-refractivity contribution in [3.8, 4) is 17.8 Å². The highest BCUT2D eigenvalue weighted by Gasteiger charge is 2.20. The Morgan fingerprint density at radius 2 is 1.89 bits per heavy atom. The lowest BCUT2D eigenvalue weighted by Gasteiger charge is -2.14. The van der Waals surface area contributed by atoms with Crippen LogP contribution in [0.5, 0.6) is 0 Å². The van der Waals surface area contributed by atoms with Crippen LogP contribution in [0, 0.1) is 22.7 Å². The predicted octanol–water partition coefficient (Wildman–Crippen LogP) is 4.22. The van der Waals surface area contributed by atoms with E-state index < -0.39 is 0 Å². The van der Waals surface area contributed by atoms with Gasteiger partial charge in [-0.1, -0.05) is 24.3 Å². The maximum absolute atomic E-state index is 9.71. The van der Waals surface area contributed by atoms with Gasteiger partial charge in [-0.05, 0) is 51.8 Å². The molecule has 6 nitrogen and oxygen atoms in total. The van der Waals surface area contributed by atoms with Crippen molar-refractivity contribution in [3.63, 3.8) is 0 Å². The van der Waals surface area contributed by atoms with Crippen LogP contribution in [-0.4, -0.2) is 23.9 Å². The van der Waals surface area contributed by atoms with Crippen LogP contribution in [0.1, 0.15) is 16.8 Å². The van der Waals surface area contributed by atoms with Crippen molar-refractivity contribution >= 4 is 39.1 Å². The lowest BCUT2D eigenvalue weighted by molar-refractivity contribution is 0.885. The summed E-state index contributed by atoms with van der Waals surface area (Å²) in [5.74, 6) is 0.203. The van der Waals surface area contributed by atoms with Crippen LogP contribution in [0.2, 0.25) is 0 Å². The van der Waals surface area contributed by atoms with Crippen LogP contribution in [0.4, 0.5) is 11.5 Å². The Morgan fingerprint density at radius 3 is 2.46 bits per heavy atom. The summed E-state index contributed by atoms with van der Waals surface area (Å²) in [6.45, 7) is 0. The monoisotopic (exact) mass is 432 g/mol. The van der Waals surface area contributed by atoms with Gasteiger partial charge in [-0.2, -0.15) is 15.6 Å². The van der Waals surface area contributed by atoms with Crippen molar-refractivity contribution in [2.24, 2.45) is 0 Å². The van der Waals surface area contributed by atoms with Gasteiger partial charge < -0.3 is 10.6 Å². The normalized spacial score (nSPS) is 11.0. The van der Waals surface area contributed by atoms with Crippen LogP contribution >= 0.6 is 15.9 Å². The largest absolute Gasteiger partial charge is 0.382 e. The van der Waals surface area contributed by atoms with Gasteiger partial charge >= 0.3 is 0 Å². The fourth-order valence-electron chi connectivity index (χ4n) is 2.79. The Hall–Kier alpha value is -3.55. The van der Waals surface area contributed by atoms with Crippen molar-refractivity contribution < 1.29 is 0 Å². The van der Waals surface area contributed by atoms with Crippen molar-refractivity contribution in [2.45, 2.75) is 0 Å². The Balaban J connectivity index is 2.11. The molecule has 0 aliphatic heterocycles. The maximum atomic E-state index is 9.71. The van der Waals surface area contributed by atoms with Crippen molar-refractivity contribution in [1.29, 1.82) is 10.5 Å². The summed E-state index contributed by atoms with van der Waals surface area (Å²) in [5, 5.41) is 23.7. The van der Waals surface area contributed by atoms with Gasteiger partial charge in [0.1, 0.15) is 29.2 Å². The summed E-state index contributed by atoms with van der Waals surface area (Å²) in [6.07, 6.45) is 1.70. The van der Waals surface area contributed by atoms with E-state index in [1.165, 1.54) is 4.68 Å². The molecule has 2 aromatic carbocycles. The molecule has 0 unspecified atom stereocenters. The number of rotatable bonds is 4. The number of nitrogens with zero attached hydrogens (tertiary/aromatic N) is 5. The number of allylic oxidation sites excluding steroid dienone is 1. The first-order chi connectivity index (χ1) is 13.5. The molecule has 3 rings (SSSR count). The maximum Gasteiger partial charge on any atom is 0.145 e. The Kier molecular flexibility index (Phi) is 5.49. The van der Waals surface area contributed by atoms with Crippen LogP contribution in [0.3, 0.4) is 0 Å². The summed E-state index contributed by atoms with van der Waals surface area (Å²) in [5.41, 5.74) is 9.40. The van der Waals surface area contributed by atoms with Crippen molar-refractivity contribution in [1.82, 2.24) is 9.78 Å². The van der Waals surface area contributed by atoms with E-state index in [0.717, 1.165) is 21.4 Å². The molecule has 1 heterocycles. The first-order valence-electron chi connectivity index (χ1n) is 8.39. The second-order valence-electron chi connectivity index (χ2n) is 6.24. The number of nitrogen functional groups attached to an aromatic ring is 1. The number of anilines is 2. The zero-order valence-electron chi connectivity index (χ0n) is 15.4. The number of nitriles is 2. The Morgan fingerprint density at radius 1 is 1.18 bits per heavy atom. The van der Waals surface area contributed by atoms with E-state index in [1.54, 1.807) is 6.08 Å². The molecule has 0 aliphatic rings. The third-order valence-corrected chi connectivity index (χ3v) is 4.81. The molecule has 28 heavy (non-hydrogen) atoms. The topological polar surface area (TPSA) is 94.7 Å². The second-order valence-corrected chi connectivity index (χ2v) is 7.10. The molecule has 0 amide bonds. The fourth-order valence-corrected chi connectivity index (χ4v) is 3.54. The molecule has 0 saturated heterocycles.